The number of ether oxygens (including phenoxy) is 1. The highest BCUT2D eigenvalue weighted by Gasteiger charge is 2.17. The molecule has 4 heteroatoms. The highest BCUT2D eigenvalue weighted by Crippen LogP contribution is 2.17. The van der Waals surface area contributed by atoms with Crippen LogP contribution in [0.4, 0.5) is 0 Å². The molecule has 1 aliphatic rings. The van der Waals surface area contributed by atoms with Gasteiger partial charge in [-0.1, -0.05) is 0 Å². The normalized spacial score (nSPS) is 22.5. The summed E-state index contributed by atoms with van der Waals surface area (Å²) >= 11 is 0. The standard InChI is InChI=1S/C10H16N2O2/c1-12-7-10(13)11-9(12)6-8-4-2-3-5-14-8/h7-8,13H,2-6H2,1H3. The average Bonchev–Trinajstić information content (AvgIpc) is 2.47. The van der Waals surface area contributed by atoms with Crippen LogP contribution in [0.25, 0.3) is 0 Å². The molecule has 78 valence electrons. The predicted octanol–water partition coefficient (Wildman–Crippen LogP) is 1.24. The van der Waals surface area contributed by atoms with Crippen LogP contribution in [-0.2, 0) is 18.2 Å². The van der Waals surface area contributed by atoms with Crippen LogP contribution in [0.5, 0.6) is 5.88 Å². The quantitative estimate of drug-likeness (QED) is 0.774. The summed E-state index contributed by atoms with van der Waals surface area (Å²) in [5.74, 6) is 0.993. The van der Waals surface area contributed by atoms with Gasteiger partial charge in [-0.3, -0.25) is 0 Å². The van der Waals surface area contributed by atoms with E-state index >= 15 is 0 Å². The summed E-state index contributed by atoms with van der Waals surface area (Å²) in [5.41, 5.74) is 0. The van der Waals surface area contributed by atoms with Crippen LogP contribution in [0, 0.1) is 0 Å². The lowest BCUT2D eigenvalue weighted by Gasteiger charge is -2.21. The van der Waals surface area contributed by atoms with Gasteiger partial charge >= 0.3 is 0 Å². The lowest BCUT2D eigenvalue weighted by Crippen LogP contribution is -2.22. The van der Waals surface area contributed by atoms with Gasteiger partial charge in [-0.05, 0) is 19.3 Å². The molecule has 0 saturated carbocycles. The van der Waals surface area contributed by atoms with Gasteiger partial charge in [-0.2, -0.15) is 4.98 Å². The third kappa shape index (κ3) is 2.07. The van der Waals surface area contributed by atoms with Crippen LogP contribution in [-0.4, -0.2) is 27.4 Å². The number of rotatable bonds is 2. The van der Waals surface area contributed by atoms with E-state index in [1.165, 1.54) is 12.8 Å². The molecule has 1 aromatic rings. The highest BCUT2D eigenvalue weighted by atomic mass is 16.5. The summed E-state index contributed by atoms with van der Waals surface area (Å²) in [7, 11) is 1.89. The molecule has 0 aliphatic carbocycles. The number of aryl methyl sites for hydroxylation is 1. The van der Waals surface area contributed by atoms with Crippen LogP contribution in [0.15, 0.2) is 6.20 Å². The maximum Gasteiger partial charge on any atom is 0.229 e. The molecule has 1 saturated heterocycles. The number of imidazole rings is 1. The van der Waals surface area contributed by atoms with Crippen molar-refractivity contribution in [3.05, 3.63) is 12.0 Å². The fourth-order valence-corrected chi connectivity index (χ4v) is 1.85. The van der Waals surface area contributed by atoms with Crippen LogP contribution in [0.1, 0.15) is 25.1 Å². The maximum atomic E-state index is 9.19. The molecule has 2 heterocycles. The molecule has 0 amide bonds. The second-order valence-electron chi connectivity index (χ2n) is 3.82. The van der Waals surface area contributed by atoms with Gasteiger partial charge in [0.15, 0.2) is 0 Å². The molecule has 4 nitrogen and oxygen atoms in total. The molecular weight excluding hydrogens is 180 g/mol. The van der Waals surface area contributed by atoms with Crippen molar-refractivity contribution in [2.45, 2.75) is 31.8 Å². The summed E-state index contributed by atoms with van der Waals surface area (Å²) < 4.78 is 7.47. The van der Waals surface area contributed by atoms with Crippen molar-refractivity contribution in [2.75, 3.05) is 6.61 Å². The molecule has 1 atom stereocenters. The van der Waals surface area contributed by atoms with Crippen LogP contribution >= 0.6 is 0 Å². The first kappa shape index (κ1) is 9.52. The summed E-state index contributed by atoms with van der Waals surface area (Å²) in [4.78, 5) is 4.04. The molecule has 1 unspecified atom stereocenters. The van der Waals surface area contributed by atoms with Crippen molar-refractivity contribution in [1.82, 2.24) is 9.55 Å². The lowest BCUT2D eigenvalue weighted by atomic mass is 10.1. The average molecular weight is 196 g/mol. The van der Waals surface area contributed by atoms with Crippen LogP contribution < -0.4 is 0 Å². The number of nitrogens with zero attached hydrogens (tertiary/aromatic N) is 2. The van der Waals surface area contributed by atoms with Gasteiger partial charge < -0.3 is 14.4 Å². The number of hydrogen-bond donors (Lipinski definition) is 1. The topological polar surface area (TPSA) is 47.3 Å². The first-order valence-electron chi connectivity index (χ1n) is 5.08. The highest BCUT2D eigenvalue weighted by molar-refractivity contribution is 5.08. The zero-order valence-corrected chi connectivity index (χ0v) is 8.44. The van der Waals surface area contributed by atoms with Gasteiger partial charge in [0.05, 0.1) is 12.3 Å². The minimum Gasteiger partial charge on any atom is -0.492 e. The van der Waals surface area contributed by atoms with Crippen molar-refractivity contribution in [3.63, 3.8) is 0 Å². The lowest BCUT2D eigenvalue weighted by molar-refractivity contribution is 0.0152. The Labute approximate surface area is 83.5 Å². The van der Waals surface area contributed by atoms with Crippen molar-refractivity contribution in [3.8, 4) is 5.88 Å². The Morgan fingerprint density at radius 1 is 1.64 bits per heavy atom. The van der Waals surface area contributed by atoms with Crippen molar-refractivity contribution in [2.24, 2.45) is 7.05 Å². The van der Waals surface area contributed by atoms with Gasteiger partial charge in [0.25, 0.3) is 0 Å². The van der Waals surface area contributed by atoms with Gasteiger partial charge in [0.1, 0.15) is 5.82 Å². The second kappa shape index (κ2) is 4.00. The number of aromatic nitrogens is 2. The number of hydrogen-bond acceptors (Lipinski definition) is 3. The van der Waals surface area contributed by atoms with E-state index in [0.29, 0.717) is 0 Å². The van der Waals surface area contributed by atoms with E-state index in [-0.39, 0.29) is 12.0 Å². The van der Waals surface area contributed by atoms with E-state index < -0.39 is 0 Å². The monoisotopic (exact) mass is 196 g/mol. The van der Waals surface area contributed by atoms with E-state index in [9.17, 15) is 5.11 Å². The molecule has 0 bridgehead atoms. The van der Waals surface area contributed by atoms with E-state index in [1.54, 1.807) is 6.20 Å². The fraction of sp³-hybridized carbons (Fsp3) is 0.700. The number of aromatic hydroxyl groups is 1. The first-order chi connectivity index (χ1) is 6.75. The molecular formula is C10H16N2O2. The Kier molecular flexibility index (Phi) is 2.72. The first-order valence-corrected chi connectivity index (χ1v) is 5.08. The zero-order valence-electron chi connectivity index (χ0n) is 8.44. The van der Waals surface area contributed by atoms with Crippen molar-refractivity contribution < 1.29 is 9.84 Å². The summed E-state index contributed by atoms with van der Waals surface area (Å²) in [6, 6.07) is 0. The van der Waals surface area contributed by atoms with Crippen LogP contribution in [0.3, 0.4) is 0 Å². The molecule has 2 rings (SSSR count). The van der Waals surface area contributed by atoms with E-state index in [2.05, 4.69) is 4.98 Å². The Bertz CT molecular complexity index is 303. The fourth-order valence-electron chi connectivity index (χ4n) is 1.85. The molecule has 1 aromatic heterocycles. The van der Waals surface area contributed by atoms with E-state index in [0.717, 1.165) is 25.3 Å². The van der Waals surface area contributed by atoms with E-state index in [4.69, 9.17) is 4.74 Å². The van der Waals surface area contributed by atoms with Gasteiger partial charge in [0, 0.05) is 20.1 Å². The molecule has 14 heavy (non-hydrogen) atoms. The minimum atomic E-state index is 0.0957. The van der Waals surface area contributed by atoms with Crippen molar-refractivity contribution >= 4 is 0 Å². The molecule has 1 aliphatic heterocycles. The maximum absolute atomic E-state index is 9.19. The minimum absolute atomic E-state index is 0.0957. The van der Waals surface area contributed by atoms with E-state index in [1.807, 2.05) is 11.6 Å². The third-order valence-electron chi connectivity index (χ3n) is 2.64. The molecule has 1 N–H and O–H groups in total. The molecule has 0 spiro atoms. The van der Waals surface area contributed by atoms with Gasteiger partial charge in [-0.25, -0.2) is 0 Å². The largest absolute Gasteiger partial charge is 0.492 e. The Morgan fingerprint density at radius 2 is 2.50 bits per heavy atom. The van der Waals surface area contributed by atoms with Gasteiger partial charge in [0.2, 0.25) is 5.88 Å². The van der Waals surface area contributed by atoms with Gasteiger partial charge in [-0.15, -0.1) is 0 Å². The molecule has 0 radical (unpaired) electrons. The predicted molar refractivity (Wildman–Crippen MR) is 52.2 cm³/mol. The summed E-state index contributed by atoms with van der Waals surface area (Å²) in [6.07, 6.45) is 6.22. The van der Waals surface area contributed by atoms with Crippen molar-refractivity contribution in [1.29, 1.82) is 0 Å². The smallest absolute Gasteiger partial charge is 0.229 e. The Hall–Kier alpha value is -1.03. The third-order valence-corrected chi connectivity index (χ3v) is 2.64. The zero-order chi connectivity index (χ0) is 9.97. The Balaban J connectivity index is 1.98. The van der Waals surface area contributed by atoms with Crippen LogP contribution in [0.2, 0.25) is 0 Å². The Morgan fingerprint density at radius 3 is 3.07 bits per heavy atom. The summed E-state index contributed by atoms with van der Waals surface area (Å²) in [5, 5.41) is 9.19. The molecule has 1 fully saturated rings. The SMILES string of the molecule is Cn1cc(O)nc1CC1CCCCO1. The second-order valence-corrected chi connectivity index (χ2v) is 3.82. The molecule has 0 aromatic carbocycles. The summed E-state index contributed by atoms with van der Waals surface area (Å²) in [6.45, 7) is 0.862.